The Morgan fingerprint density at radius 1 is 1.44 bits per heavy atom. The lowest BCUT2D eigenvalue weighted by molar-refractivity contribution is 0.762. The van der Waals surface area contributed by atoms with Crippen molar-refractivity contribution < 1.29 is 0 Å². The molecule has 1 aliphatic heterocycles. The van der Waals surface area contributed by atoms with E-state index >= 15 is 0 Å². The number of rotatable bonds is 3. The van der Waals surface area contributed by atoms with Gasteiger partial charge in [-0.2, -0.15) is 0 Å². The third kappa shape index (κ3) is 1.55. The zero-order valence-electron chi connectivity index (χ0n) is 10.6. The van der Waals surface area contributed by atoms with Crippen LogP contribution in [0.4, 0.5) is 5.82 Å². The van der Waals surface area contributed by atoms with Crippen LogP contribution in [0.25, 0.3) is 17.2 Å². The van der Waals surface area contributed by atoms with Gasteiger partial charge >= 0.3 is 0 Å². The molecule has 0 spiro atoms. The van der Waals surface area contributed by atoms with Gasteiger partial charge in [0.1, 0.15) is 5.82 Å². The van der Waals surface area contributed by atoms with Crippen LogP contribution >= 0.6 is 0 Å². The zero-order chi connectivity index (χ0) is 12.5. The fraction of sp³-hybridized carbons (Fsp3) is 0.267. The minimum atomic E-state index is 0.965. The van der Waals surface area contributed by atoms with Crippen LogP contribution in [0.2, 0.25) is 0 Å². The van der Waals surface area contributed by atoms with Crippen molar-refractivity contribution in [3.63, 3.8) is 0 Å². The quantitative estimate of drug-likeness (QED) is 0.891. The van der Waals surface area contributed by atoms with Gasteiger partial charge in [0.05, 0.1) is 0 Å². The molecule has 0 radical (unpaired) electrons. The Labute approximate surface area is 107 Å². The Bertz CT molecular complexity index is 596. The highest BCUT2D eigenvalue weighted by molar-refractivity contribution is 5.79. The highest BCUT2D eigenvalue weighted by atomic mass is 15.0. The van der Waals surface area contributed by atoms with Crippen LogP contribution in [-0.2, 0) is 13.0 Å². The number of nitrogens with one attached hydrogen (secondary N) is 1. The van der Waals surface area contributed by atoms with E-state index < -0.39 is 0 Å². The molecule has 0 unspecified atom stereocenters. The molecule has 0 saturated heterocycles. The van der Waals surface area contributed by atoms with Crippen LogP contribution in [-0.4, -0.2) is 16.1 Å². The highest BCUT2D eigenvalue weighted by Gasteiger charge is 2.18. The maximum atomic E-state index is 4.38. The lowest BCUT2D eigenvalue weighted by Crippen LogP contribution is -1.96. The number of aromatic nitrogens is 2. The molecular weight excluding hydrogens is 222 g/mol. The molecule has 92 valence electrons. The summed E-state index contributed by atoms with van der Waals surface area (Å²) in [6.07, 6.45) is 6.99. The Balaban J connectivity index is 2.19. The average Bonchev–Trinajstić information content (AvgIpc) is 3.03. The van der Waals surface area contributed by atoms with Gasteiger partial charge in [0.15, 0.2) is 0 Å². The summed E-state index contributed by atoms with van der Waals surface area (Å²) in [5, 5.41) is 3.32. The van der Waals surface area contributed by atoms with Crippen molar-refractivity contribution in [1.82, 2.24) is 9.55 Å². The monoisotopic (exact) mass is 239 g/mol. The molecule has 0 bridgehead atoms. The number of nitrogens with zero attached hydrogens (tertiary/aromatic N) is 2. The first-order chi connectivity index (χ1) is 8.85. The number of hydrogen-bond acceptors (Lipinski definition) is 2. The summed E-state index contributed by atoms with van der Waals surface area (Å²) in [7, 11) is 0. The number of hydrogen-bond donors (Lipinski definition) is 1. The topological polar surface area (TPSA) is 29.9 Å². The number of anilines is 1. The van der Waals surface area contributed by atoms with Gasteiger partial charge in [-0.15, -0.1) is 0 Å². The van der Waals surface area contributed by atoms with Crippen molar-refractivity contribution >= 4 is 11.9 Å². The molecule has 1 N–H and O–H groups in total. The molecule has 0 amide bonds. The van der Waals surface area contributed by atoms with E-state index in [-0.39, 0.29) is 0 Å². The Kier molecular flexibility index (Phi) is 2.67. The molecule has 2 aromatic heterocycles. The smallest absolute Gasteiger partial charge is 0.129 e. The Hall–Kier alpha value is -2.03. The molecule has 3 heterocycles. The minimum Gasteiger partial charge on any atom is -0.369 e. The minimum absolute atomic E-state index is 0.965. The second-order valence-electron chi connectivity index (χ2n) is 4.47. The molecule has 18 heavy (non-hydrogen) atoms. The molecule has 0 aromatic carbocycles. The normalized spacial score (nSPS) is 13.2. The summed E-state index contributed by atoms with van der Waals surface area (Å²) in [4.78, 5) is 4.38. The fourth-order valence-electron chi connectivity index (χ4n) is 2.67. The third-order valence-electron chi connectivity index (χ3n) is 3.55. The van der Waals surface area contributed by atoms with Gasteiger partial charge in [-0.3, -0.25) is 0 Å². The Morgan fingerprint density at radius 3 is 3.11 bits per heavy atom. The fourth-order valence-corrected chi connectivity index (χ4v) is 2.67. The third-order valence-corrected chi connectivity index (χ3v) is 3.55. The first kappa shape index (κ1) is 11.1. The van der Waals surface area contributed by atoms with Crippen LogP contribution < -0.4 is 5.32 Å². The number of fused-ring (bicyclic) bond motifs is 1. The van der Waals surface area contributed by atoms with E-state index in [1.807, 2.05) is 12.3 Å². The van der Waals surface area contributed by atoms with Gasteiger partial charge in [0.2, 0.25) is 0 Å². The van der Waals surface area contributed by atoms with Crippen molar-refractivity contribution in [2.75, 3.05) is 11.9 Å². The van der Waals surface area contributed by atoms with Gasteiger partial charge in [-0.1, -0.05) is 6.58 Å². The highest BCUT2D eigenvalue weighted by Crippen LogP contribution is 2.34. The van der Waals surface area contributed by atoms with Crippen molar-refractivity contribution in [1.29, 1.82) is 0 Å². The molecule has 0 fully saturated rings. The maximum Gasteiger partial charge on any atom is 0.129 e. The first-order valence-electron chi connectivity index (χ1n) is 6.38. The molecule has 3 rings (SSSR count). The molecule has 0 saturated carbocycles. The van der Waals surface area contributed by atoms with Crippen LogP contribution in [0.5, 0.6) is 0 Å². The lowest BCUT2D eigenvalue weighted by atomic mass is 10.0. The molecular formula is C15H17N3. The van der Waals surface area contributed by atoms with E-state index in [0.29, 0.717) is 0 Å². The second kappa shape index (κ2) is 4.33. The lowest BCUT2D eigenvalue weighted by Gasteiger charge is -2.09. The van der Waals surface area contributed by atoms with E-state index in [9.17, 15) is 0 Å². The molecule has 3 nitrogen and oxygen atoms in total. The molecule has 0 aliphatic carbocycles. The predicted molar refractivity (Wildman–Crippen MR) is 75.6 cm³/mol. The summed E-state index contributed by atoms with van der Waals surface area (Å²) in [5.74, 6) is 1.03. The summed E-state index contributed by atoms with van der Waals surface area (Å²) >= 11 is 0. The van der Waals surface area contributed by atoms with Crippen molar-refractivity contribution in [2.24, 2.45) is 0 Å². The standard InChI is InChI=1S/C15H17N3/c1-3-14-12(7-10-18(14)4-2)11-5-8-16-15-13(11)6-9-17-15/h3,5,7-8,10H,1,4,6,9H2,2H3,(H,16,17). The molecule has 2 aromatic rings. The maximum absolute atomic E-state index is 4.38. The van der Waals surface area contributed by atoms with E-state index in [1.165, 1.54) is 22.4 Å². The van der Waals surface area contributed by atoms with E-state index in [2.05, 4.69) is 46.7 Å². The Morgan fingerprint density at radius 2 is 2.33 bits per heavy atom. The molecule has 0 atom stereocenters. The van der Waals surface area contributed by atoms with Crippen molar-refractivity contribution in [2.45, 2.75) is 19.9 Å². The number of pyridine rings is 1. The van der Waals surface area contributed by atoms with Crippen LogP contribution in [0, 0.1) is 0 Å². The summed E-state index contributed by atoms with van der Waals surface area (Å²) in [6.45, 7) is 8.04. The van der Waals surface area contributed by atoms with Crippen molar-refractivity contribution in [3.8, 4) is 11.1 Å². The summed E-state index contributed by atoms with van der Waals surface area (Å²) < 4.78 is 2.22. The van der Waals surface area contributed by atoms with Gasteiger partial charge in [-0.05, 0) is 37.1 Å². The van der Waals surface area contributed by atoms with Crippen molar-refractivity contribution in [3.05, 3.63) is 42.4 Å². The van der Waals surface area contributed by atoms with Gasteiger partial charge in [0.25, 0.3) is 0 Å². The van der Waals surface area contributed by atoms with Crippen LogP contribution in [0.1, 0.15) is 18.2 Å². The first-order valence-corrected chi connectivity index (χ1v) is 6.38. The van der Waals surface area contributed by atoms with Gasteiger partial charge < -0.3 is 9.88 Å². The van der Waals surface area contributed by atoms with Gasteiger partial charge in [0, 0.05) is 42.3 Å². The molecule has 1 aliphatic rings. The average molecular weight is 239 g/mol. The summed E-state index contributed by atoms with van der Waals surface area (Å²) in [6, 6.07) is 4.28. The predicted octanol–water partition coefficient (Wildman–Crippen LogP) is 3.18. The second-order valence-corrected chi connectivity index (χ2v) is 4.47. The van der Waals surface area contributed by atoms with Gasteiger partial charge in [-0.25, -0.2) is 4.98 Å². The van der Waals surface area contributed by atoms with E-state index in [1.54, 1.807) is 0 Å². The van der Waals surface area contributed by atoms with E-state index in [0.717, 1.165) is 25.3 Å². The van der Waals surface area contributed by atoms with Crippen LogP contribution in [0.3, 0.4) is 0 Å². The van der Waals surface area contributed by atoms with Crippen LogP contribution in [0.15, 0.2) is 31.1 Å². The zero-order valence-corrected chi connectivity index (χ0v) is 10.6. The SMILES string of the molecule is C=Cc1c(-c2ccnc3c2CCN3)ccn1CC. The largest absolute Gasteiger partial charge is 0.369 e. The number of aryl methyl sites for hydroxylation is 1. The molecule has 3 heteroatoms. The summed E-state index contributed by atoms with van der Waals surface area (Å²) in [5.41, 5.74) is 5.06. The van der Waals surface area contributed by atoms with E-state index in [4.69, 9.17) is 0 Å².